The molecule has 8 heteroatoms. The number of aromatic nitrogens is 3. The number of fused-ring (bicyclic) bond motifs is 1. The molecule has 4 rings (SSSR count). The van der Waals surface area contributed by atoms with Crippen LogP contribution in [-0.2, 0) is 4.79 Å². The fourth-order valence-electron chi connectivity index (χ4n) is 3.48. The van der Waals surface area contributed by atoms with Crippen molar-refractivity contribution in [2.75, 3.05) is 57.5 Å². The van der Waals surface area contributed by atoms with Gasteiger partial charge in [0.2, 0.25) is 5.91 Å². The van der Waals surface area contributed by atoms with E-state index in [1.807, 2.05) is 48.1 Å². The molecule has 2 aromatic heterocycles. The summed E-state index contributed by atoms with van der Waals surface area (Å²) in [6.45, 7) is 4.27. The Balaban J connectivity index is 1.50. The molecule has 3 aromatic rings. The Bertz CT molecular complexity index is 976. The highest BCUT2D eigenvalue weighted by Gasteiger charge is 2.17. The van der Waals surface area contributed by atoms with Crippen LogP contribution in [0.1, 0.15) is 0 Å². The summed E-state index contributed by atoms with van der Waals surface area (Å²) in [6, 6.07) is 7.85. The molecule has 1 fully saturated rings. The van der Waals surface area contributed by atoms with E-state index < -0.39 is 0 Å². The van der Waals surface area contributed by atoms with E-state index in [1.165, 1.54) is 0 Å². The van der Waals surface area contributed by atoms with Gasteiger partial charge in [-0.3, -0.25) is 14.1 Å². The van der Waals surface area contributed by atoms with E-state index in [4.69, 9.17) is 0 Å². The van der Waals surface area contributed by atoms with E-state index in [0.717, 1.165) is 54.6 Å². The fraction of sp³-hybridized carbons (Fsp3) is 0.350. The Hall–Kier alpha value is -2.97. The third kappa shape index (κ3) is 3.83. The van der Waals surface area contributed by atoms with Gasteiger partial charge in [-0.2, -0.15) is 0 Å². The molecule has 3 heterocycles. The van der Waals surface area contributed by atoms with E-state index in [2.05, 4.69) is 37.4 Å². The molecule has 0 aliphatic carbocycles. The Morgan fingerprint density at radius 1 is 1.18 bits per heavy atom. The molecule has 1 aromatic carbocycles. The number of piperazine rings is 1. The maximum absolute atomic E-state index is 12.5. The monoisotopic (exact) mass is 379 g/mol. The molecule has 1 saturated heterocycles. The predicted molar refractivity (Wildman–Crippen MR) is 111 cm³/mol. The Morgan fingerprint density at radius 3 is 2.79 bits per heavy atom. The number of rotatable bonds is 5. The number of nitrogens with zero attached hydrogens (tertiary/aromatic N) is 5. The molecule has 8 nitrogen and oxygen atoms in total. The number of carbonyl (C=O) groups excluding carboxylic acids is 1. The van der Waals surface area contributed by atoms with E-state index in [9.17, 15) is 4.79 Å². The zero-order chi connectivity index (χ0) is 19.5. The Kier molecular flexibility index (Phi) is 5.23. The minimum Gasteiger partial charge on any atom is -0.370 e. The smallest absolute Gasteiger partial charge is 0.238 e. The van der Waals surface area contributed by atoms with Crippen LogP contribution in [0.15, 0.2) is 42.9 Å². The molecule has 0 saturated carbocycles. The number of carbonyl (C=O) groups is 1. The molecule has 1 amide bonds. The number of anilines is 2. The lowest BCUT2D eigenvalue weighted by molar-refractivity contribution is -0.117. The van der Waals surface area contributed by atoms with E-state index in [-0.39, 0.29) is 5.91 Å². The van der Waals surface area contributed by atoms with Gasteiger partial charge in [0.25, 0.3) is 0 Å². The van der Waals surface area contributed by atoms with Crippen molar-refractivity contribution in [2.24, 2.45) is 0 Å². The van der Waals surface area contributed by atoms with Gasteiger partial charge in [0.05, 0.1) is 18.4 Å². The highest BCUT2D eigenvalue weighted by atomic mass is 16.2. The van der Waals surface area contributed by atoms with Crippen molar-refractivity contribution in [3.05, 3.63) is 42.9 Å². The molecule has 0 bridgehead atoms. The molecule has 1 aliphatic rings. The minimum absolute atomic E-state index is 0.0153. The van der Waals surface area contributed by atoms with Crippen molar-refractivity contribution in [3.63, 3.8) is 0 Å². The molecule has 0 spiro atoms. The van der Waals surface area contributed by atoms with Crippen molar-refractivity contribution in [1.82, 2.24) is 24.2 Å². The van der Waals surface area contributed by atoms with Gasteiger partial charge in [-0.25, -0.2) is 9.97 Å². The number of hydrogen-bond acceptors (Lipinski definition) is 6. The molecule has 28 heavy (non-hydrogen) atoms. The third-order valence-electron chi connectivity index (χ3n) is 5.07. The third-order valence-corrected chi connectivity index (χ3v) is 5.07. The van der Waals surface area contributed by atoms with E-state index in [1.54, 1.807) is 6.20 Å². The second-order valence-corrected chi connectivity index (χ2v) is 7.07. The number of likely N-dealkylation sites (N-methyl/N-ethyl adjacent to an activating group) is 1. The number of hydrogen-bond donors (Lipinski definition) is 2. The van der Waals surface area contributed by atoms with Gasteiger partial charge in [0, 0.05) is 56.9 Å². The molecule has 0 radical (unpaired) electrons. The van der Waals surface area contributed by atoms with Crippen LogP contribution >= 0.6 is 0 Å². The number of amides is 1. The number of nitrogens with one attached hydrogen (secondary N) is 2. The van der Waals surface area contributed by atoms with Gasteiger partial charge in [0.15, 0.2) is 11.5 Å². The van der Waals surface area contributed by atoms with Crippen molar-refractivity contribution in [1.29, 1.82) is 0 Å². The molecular formula is C20H25N7O. The van der Waals surface area contributed by atoms with Crippen LogP contribution in [0.2, 0.25) is 0 Å². The summed E-state index contributed by atoms with van der Waals surface area (Å²) < 4.78 is 1.99. The van der Waals surface area contributed by atoms with Crippen LogP contribution in [0.25, 0.3) is 16.9 Å². The SMILES string of the molecule is CNc1nccn2c(-c3cccc(NC(=O)CN4CCN(C)CC4)c3)cnc12. The first kappa shape index (κ1) is 18.4. The predicted octanol–water partition coefficient (Wildman–Crippen LogP) is 1.62. The van der Waals surface area contributed by atoms with Gasteiger partial charge >= 0.3 is 0 Å². The molecule has 0 atom stereocenters. The van der Waals surface area contributed by atoms with Gasteiger partial charge in [-0.15, -0.1) is 0 Å². The fourth-order valence-corrected chi connectivity index (χ4v) is 3.48. The molecule has 1 aliphatic heterocycles. The summed E-state index contributed by atoms with van der Waals surface area (Å²) in [5.74, 6) is 0.742. The van der Waals surface area contributed by atoms with Crippen molar-refractivity contribution in [2.45, 2.75) is 0 Å². The summed E-state index contributed by atoms with van der Waals surface area (Å²) in [5.41, 5.74) is 3.49. The average molecular weight is 379 g/mol. The Morgan fingerprint density at radius 2 is 2.00 bits per heavy atom. The van der Waals surface area contributed by atoms with E-state index >= 15 is 0 Å². The first-order chi connectivity index (χ1) is 13.6. The first-order valence-electron chi connectivity index (χ1n) is 9.45. The lowest BCUT2D eigenvalue weighted by Crippen LogP contribution is -2.47. The van der Waals surface area contributed by atoms with Crippen LogP contribution in [0.4, 0.5) is 11.5 Å². The van der Waals surface area contributed by atoms with Gasteiger partial charge in [-0.05, 0) is 19.2 Å². The minimum atomic E-state index is 0.0153. The van der Waals surface area contributed by atoms with Gasteiger partial charge in [0.1, 0.15) is 0 Å². The maximum Gasteiger partial charge on any atom is 0.238 e. The number of benzene rings is 1. The van der Waals surface area contributed by atoms with Crippen LogP contribution in [0, 0.1) is 0 Å². The highest BCUT2D eigenvalue weighted by Crippen LogP contribution is 2.25. The van der Waals surface area contributed by atoms with Crippen LogP contribution in [-0.4, -0.2) is 76.9 Å². The zero-order valence-corrected chi connectivity index (χ0v) is 16.2. The molecule has 2 N–H and O–H groups in total. The van der Waals surface area contributed by atoms with Crippen LogP contribution in [0.3, 0.4) is 0 Å². The molecular weight excluding hydrogens is 354 g/mol. The van der Waals surface area contributed by atoms with Gasteiger partial charge in [-0.1, -0.05) is 12.1 Å². The summed E-state index contributed by atoms with van der Waals surface area (Å²) in [7, 11) is 3.94. The highest BCUT2D eigenvalue weighted by molar-refractivity contribution is 5.93. The Labute approximate surface area is 164 Å². The quantitative estimate of drug-likeness (QED) is 0.702. The maximum atomic E-state index is 12.5. The second kappa shape index (κ2) is 7.95. The topological polar surface area (TPSA) is 77.8 Å². The normalized spacial score (nSPS) is 15.6. The van der Waals surface area contributed by atoms with Gasteiger partial charge < -0.3 is 15.5 Å². The van der Waals surface area contributed by atoms with Crippen molar-refractivity contribution in [3.8, 4) is 11.3 Å². The largest absolute Gasteiger partial charge is 0.370 e. The summed E-state index contributed by atoms with van der Waals surface area (Å²) in [5, 5.41) is 6.08. The first-order valence-corrected chi connectivity index (χ1v) is 9.45. The standard InChI is InChI=1S/C20H25N7O/c1-21-19-20-23-13-17(27(20)7-6-22-19)15-4-3-5-16(12-15)24-18(28)14-26-10-8-25(2)9-11-26/h3-7,12-13H,8-11,14H2,1-2H3,(H,21,22)(H,24,28). The summed E-state index contributed by atoms with van der Waals surface area (Å²) in [6.07, 6.45) is 5.45. The van der Waals surface area contributed by atoms with Crippen molar-refractivity contribution < 1.29 is 4.79 Å². The average Bonchev–Trinajstić information content (AvgIpc) is 3.14. The lowest BCUT2D eigenvalue weighted by atomic mass is 10.1. The van der Waals surface area contributed by atoms with E-state index in [0.29, 0.717) is 6.54 Å². The van der Waals surface area contributed by atoms with Crippen LogP contribution < -0.4 is 10.6 Å². The molecule has 146 valence electrons. The molecule has 0 unspecified atom stereocenters. The summed E-state index contributed by atoms with van der Waals surface area (Å²) in [4.78, 5) is 25.7. The van der Waals surface area contributed by atoms with Crippen molar-refractivity contribution >= 4 is 23.1 Å². The summed E-state index contributed by atoms with van der Waals surface area (Å²) >= 11 is 0. The second-order valence-electron chi connectivity index (χ2n) is 7.07. The zero-order valence-electron chi connectivity index (χ0n) is 16.2. The number of imidazole rings is 1. The van der Waals surface area contributed by atoms with Crippen LogP contribution in [0.5, 0.6) is 0 Å². The lowest BCUT2D eigenvalue weighted by Gasteiger charge is -2.31.